The number of aliphatic hydroxyl groups excluding tert-OH is 1. The predicted octanol–water partition coefficient (Wildman–Crippen LogP) is 1.58. The molecule has 0 bridgehead atoms. The minimum atomic E-state index is 0.319. The highest BCUT2D eigenvalue weighted by Gasteiger charge is 2.33. The first-order valence-corrected chi connectivity index (χ1v) is 3.50. The zero-order valence-corrected chi connectivity index (χ0v) is 6.31. The van der Waals surface area contributed by atoms with E-state index in [0.717, 1.165) is 0 Å². The first-order chi connectivity index (χ1) is 4.18. The first kappa shape index (κ1) is 6.81. The number of hydrogen-bond donors (Lipinski definition) is 1. The Balaban J connectivity index is 2.46. The molecule has 1 nitrogen and oxygen atoms in total. The third-order valence-electron chi connectivity index (χ3n) is 2.07. The fraction of sp³-hybridized carbons (Fsp3) is 0.750. The van der Waals surface area contributed by atoms with E-state index in [0.29, 0.717) is 18.4 Å². The molecular formula is C8H14O. The summed E-state index contributed by atoms with van der Waals surface area (Å²) in [5.74, 6) is 1.09. The molecule has 1 unspecified atom stereocenters. The number of hydrogen-bond acceptors (Lipinski definition) is 1. The Labute approximate surface area is 56.4 Å². The molecule has 0 aliphatic heterocycles. The highest BCUT2D eigenvalue weighted by molar-refractivity contribution is 5.40. The molecule has 9 heavy (non-hydrogen) atoms. The van der Waals surface area contributed by atoms with Crippen molar-refractivity contribution in [2.24, 2.45) is 11.8 Å². The summed E-state index contributed by atoms with van der Waals surface area (Å²) in [6, 6.07) is 0. The quantitative estimate of drug-likeness (QED) is 0.557. The smallest absolute Gasteiger partial charge is 0.0534 e. The molecule has 1 heteroatoms. The van der Waals surface area contributed by atoms with Gasteiger partial charge < -0.3 is 5.11 Å². The Morgan fingerprint density at radius 1 is 1.56 bits per heavy atom. The molecule has 0 fully saturated rings. The van der Waals surface area contributed by atoms with Crippen LogP contribution in [0.2, 0.25) is 0 Å². The molecule has 1 aliphatic rings. The van der Waals surface area contributed by atoms with Gasteiger partial charge in [-0.1, -0.05) is 25.0 Å². The fourth-order valence-corrected chi connectivity index (χ4v) is 1.51. The normalized spacial score (nSPS) is 25.7. The Hall–Kier alpha value is -0.300. The zero-order chi connectivity index (χ0) is 7.02. The maximum Gasteiger partial charge on any atom is 0.0534 e. The van der Waals surface area contributed by atoms with Crippen molar-refractivity contribution in [2.75, 3.05) is 6.61 Å². The van der Waals surface area contributed by atoms with Crippen LogP contribution in [0.4, 0.5) is 0 Å². The van der Waals surface area contributed by atoms with Crippen LogP contribution in [0.5, 0.6) is 0 Å². The summed E-state index contributed by atoms with van der Waals surface area (Å²) < 4.78 is 0. The van der Waals surface area contributed by atoms with Gasteiger partial charge in [-0.3, -0.25) is 0 Å². The van der Waals surface area contributed by atoms with Gasteiger partial charge in [-0.25, -0.2) is 0 Å². The standard InChI is InChI=1S/C8H14O/c1-5(2)8-6(3)7(8)4-9/h5,7,9H,4H2,1-3H3. The van der Waals surface area contributed by atoms with Crippen molar-refractivity contribution < 1.29 is 5.11 Å². The highest BCUT2D eigenvalue weighted by Crippen LogP contribution is 2.42. The SMILES string of the molecule is CC1=C(C(C)C)C1CO. The first-order valence-electron chi connectivity index (χ1n) is 3.50. The minimum Gasteiger partial charge on any atom is -0.395 e. The summed E-state index contributed by atoms with van der Waals surface area (Å²) in [5.41, 5.74) is 2.88. The summed E-state index contributed by atoms with van der Waals surface area (Å²) in [7, 11) is 0. The molecule has 0 aromatic heterocycles. The maximum absolute atomic E-state index is 8.75. The van der Waals surface area contributed by atoms with E-state index in [9.17, 15) is 0 Å². The second-order valence-electron chi connectivity index (χ2n) is 3.03. The molecular weight excluding hydrogens is 112 g/mol. The van der Waals surface area contributed by atoms with Crippen LogP contribution < -0.4 is 0 Å². The lowest BCUT2D eigenvalue weighted by molar-refractivity contribution is 0.278. The molecule has 1 aliphatic carbocycles. The van der Waals surface area contributed by atoms with Crippen LogP contribution in [0.3, 0.4) is 0 Å². The molecule has 0 aromatic rings. The third-order valence-corrected chi connectivity index (χ3v) is 2.07. The van der Waals surface area contributed by atoms with E-state index >= 15 is 0 Å². The van der Waals surface area contributed by atoms with Crippen LogP contribution >= 0.6 is 0 Å². The Morgan fingerprint density at radius 2 is 2.11 bits per heavy atom. The van der Waals surface area contributed by atoms with E-state index in [4.69, 9.17) is 5.11 Å². The van der Waals surface area contributed by atoms with Crippen molar-refractivity contribution in [2.45, 2.75) is 20.8 Å². The van der Waals surface area contributed by atoms with Gasteiger partial charge in [-0.15, -0.1) is 0 Å². The lowest BCUT2D eigenvalue weighted by atomic mass is 10.1. The molecule has 0 aromatic carbocycles. The van der Waals surface area contributed by atoms with Gasteiger partial charge in [0.2, 0.25) is 0 Å². The van der Waals surface area contributed by atoms with Gasteiger partial charge in [0.25, 0.3) is 0 Å². The minimum absolute atomic E-state index is 0.319. The van der Waals surface area contributed by atoms with Gasteiger partial charge in [0.1, 0.15) is 0 Å². The third kappa shape index (κ3) is 1.01. The van der Waals surface area contributed by atoms with Crippen LogP contribution in [0.25, 0.3) is 0 Å². The van der Waals surface area contributed by atoms with Crippen molar-refractivity contribution >= 4 is 0 Å². The molecule has 0 amide bonds. The van der Waals surface area contributed by atoms with Gasteiger partial charge in [0, 0.05) is 5.92 Å². The second kappa shape index (κ2) is 2.14. The number of aliphatic hydroxyl groups is 1. The molecule has 0 spiro atoms. The molecule has 1 rings (SSSR count). The van der Waals surface area contributed by atoms with Crippen molar-refractivity contribution in [1.82, 2.24) is 0 Å². The lowest BCUT2D eigenvalue weighted by Crippen LogP contribution is -1.93. The van der Waals surface area contributed by atoms with Gasteiger partial charge in [0.15, 0.2) is 0 Å². The van der Waals surface area contributed by atoms with Crippen LogP contribution in [-0.2, 0) is 0 Å². The van der Waals surface area contributed by atoms with Crippen LogP contribution in [0.1, 0.15) is 20.8 Å². The van der Waals surface area contributed by atoms with Crippen LogP contribution in [0, 0.1) is 11.8 Å². The Kier molecular flexibility index (Phi) is 1.62. The van der Waals surface area contributed by atoms with Crippen molar-refractivity contribution in [3.63, 3.8) is 0 Å². The van der Waals surface area contributed by atoms with Gasteiger partial charge in [-0.2, -0.15) is 0 Å². The summed E-state index contributed by atoms with van der Waals surface area (Å²) in [5, 5.41) is 8.75. The Morgan fingerprint density at radius 3 is 2.22 bits per heavy atom. The van der Waals surface area contributed by atoms with Crippen molar-refractivity contribution in [1.29, 1.82) is 0 Å². The van der Waals surface area contributed by atoms with Crippen LogP contribution in [0.15, 0.2) is 11.1 Å². The van der Waals surface area contributed by atoms with Gasteiger partial charge in [0.05, 0.1) is 6.61 Å². The summed E-state index contributed by atoms with van der Waals surface area (Å²) in [4.78, 5) is 0. The zero-order valence-electron chi connectivity index (χ0n) is 6.31. The molecule has 52 valence electrons. The molecule has 0 saturated carbocycles. The molecule has 1 N–H and O–H groups in total. The topological polar surface area (TPSA) is 20.2 Å². The lowest BCUT2D eigenvalue weighted by Gasteiger charge is -1.97. The van der Waals surface area contributed by atoms with E-state index in [2.05, 4.69) is 20.8 Å². The van der Waals surface area contributed by atoms with Gasteiger partial charge >= 0.3 is 0 Å². The monoisotopic (exact) mass is 126 g/mol. The largest absolute Gasteiger partial charge is 0.395 e. The van der Waals surface area contributed by atoms with Crippen molar-refractivity contribution in [3.05, 3.63) is 11.1 Å². The second-order valence-corrected chi connectivity index (χ2v) is 3.03. The van der Waals surface area contributed by atoms with E-state index in [1.165, 1.54) is 11.1 Å². The molecule has 0 heterocycles. The summed E-state index contributed by atoms with van der Waals surface area (Å²) >= 11 is 0. The van der Waals surface area contributed by atoms with Crippen molar-refractivity contribution in [3.8, 4) is 0 Å². The summed E-state index contributed by atoms with van der Waals surface area (Å²) in [6.45, 7) is 6.78. The van der Waals surface area contributed by atoms with Crippen LogP contribution in [-0.4, -0.2) is 11.7 Å². The molecule has 0 saturated heterocycles. The van der Waals surface area contributed by atoms with E-state index in [1.54, 1.807) is 0 Å². The fourth-order valence-electron chi connectivity index (χ4n) is 1.51. The predicted molar refractivity (Wildman–Crippen MR) is 38.1 cm³/mol. The highest BCUT2D eigenvalue weighted by atomic mass is 16.3. The molecule has 0 radical (unpaired) electrons. The van der Waals surface area contributed by atoms with E-state index in [-0.39, 0.29) is 0 Å². The average Bonchev–Trinajstić information content (AvgIpc) is 2.40. The summed E-state index contributed by atoms with van der Waals surface area (Å²) in [6.07, 6.45) is 0. The van der Waals surface area contributed by atoms with Gasteiger partial charge in [-0.05, 0) is 12.8 Å². The number of rotatable bonds is 2. The molecule has 1 atom stereocenters. The average molecular weight is 126 g/mol. The van der Waals surface area contributed by atoms with E-state index in [1.807, 2.05) is 0 Å². The van der Waals surface area contributed by atoms with E-state index < -0.39 is 0 Å². The maximum atomic E-state index is 8.75. The Bertz CT molecular complexity index is 145.